The number of halogens is 1. The number of aliphatic hydroxyl groups is 4. The van der Waals surface area contributed by atoms with Gasteiger partial charge in [0, 0.05) is 12.6 Å². The van der Waals surface area contributed by atoms with Crippen molar-refractivity contribution in [2.24, 2.45) is 5.16 Å². The number of aliphatic carboxylic acids is 1. The molecule has 0 aliphatic heterocycles. The summed E-state index contributed by atoms with van der Waals surface area (Å²) in [5, 5.41) is 49.7. The van der Waals surface area contributed by atoms with Gasteiger partial charge >= 0.3 is 5.97 Å². The Kier molecular flexibility index (Phi) is 10.4. The van der Waals surface area contributed by atoms with Crippen LogP contribution in [0.5, 0.6) is 0 Å². The number of carbonyl (C=O) groups excluding carboxylic acids is 1. The molecule has 4 atom stereocenters. The minimum Gasteiger partial charge on any atom is -0.478 e. The first-order valence-electron chi connectivity index (χ1n) is 6.40. The third-order valence-electron chi connectivity index (χ3n) is 2.41. The molecule has 0 saturated carbocycles. The third kappa shape index (κ3) is 9.52. The molecule has 6 N–H and O–H groups in total. The smallest absolute Gasteiger partial charge is 0.328 e. The summed E-state index contributed by atoms with van der Waals surface area (Å²) in [7, 11) is 0. The van der Waals surface area contributed by atoms with Gasteiger partial charge in [-0.2, -0.15) is 0 Å². The van der Waals surface area contributed by atoms with Crippen LogP contribution in [0.2, 0.25) is 0 Å². The monoisotopic (exact) mass is 338 g/mol. The number of hydrogen-bond acceptors (Lipinski definition) is 8. The number of carboxylic acids is 1. The first-order chi connectivity index (χ1) is 10.8. The Bertz CT molecular complexity index is 431. The number of carbonyl (C=O) groups is 2. The van der Waals surface area contributed by atoms with Crippen molar-refractivity contribution in [3.8, 4) is 0 Å². The minimum atomic E-state index is -2.20. The first-order valence-corrected chi connectivity index (χ1v) is 6.40. The zero-order chi connectivity index (χ0) is 17.8. The van der Waals surface area contributed by atoms with Gasteiger partial charge in [-0.3, -0.25) is 4.79 Å². The number of amides is 1. The van der Waals surface area contributed by atoms with E-state index < -0.39 is 49.6 Å². The highest BCUT2D eigenvalue weighted by Gasteiger charge is 2.30. The molecule has 0 aromatic rings. The van der Waals surface area contributed by atoms with Gasteiger partial charge in [0.1, 0.15) is 18.3 Å². The molecule has 1 amide bonds. The molecule has 4 unspecified atom stereocenters. The van der Waals surface area contributed by atoms with Gasteiger partial charge in [-0.25, -0.2) is 9.18 Å². The van der Waals surface area contributed by atoms with Gasteiger partial charge in [-0.1, -0.05) is 11.2 Å². The minimum absolute atomic E-state index is 0.0477. The average Bonchev–Trinajstić information content (AvgIpc) is 2.52. The Morgan fingerprint density at radius 1 is 1.26 bits per heavy atom. The van der Waals surface area contributed by atoms with Crippen LogP contribution in [0, 0.1) is 0 Å². The summed E-state index contributed by atoms with van der Waals surface area (Å²) in [6.45, 7) is -1.50. The van der Waals surface area contributed by atoms with Gasteiger partial charge in [-0.15, -0.1) is 0 Å². The van der Waals surface area contributed by atoms with Gasteiger partial charge in [0.15, 0.2) is 12.8 Å². The number of aliphatic hydroxyl groups excluding tert-OH is 4. The highest BCUT2D eigenvalue weighted by Crippen LogP contribution is 2.06. The van der Waals surface area contributed by atoms with Gasteiger partial charge in [-0.05, 0) is 0 Å². The average molecular weight is 338 g/mol. The predicted octanol–water partition coefficient (Wildman–Crippen LogP) is -2.84. The molecule has 10 nitrogen and oxygen atoms in total. The van der Waals surface area contributed by atoms with E-state index in [1.54, 1.807) is 0 Å². The Morgan fingerprint density at radius 3 is 2.48 bits per heavy atom. The number of hydrogen-bond donors (Lipinski definition) is 6. The van der Waals surface area contributed by atoms with E-state index in [4.69, 9.17) is 15.3 Å². The molecule has 0 rings (SSSR count). The van der Waals surface area contributed by atoms with Crippen molar-refractivity contribution in [1.82, 2.24) is 5.32 Å². The summed E-state index contributed by atoms with van der Waals surface area (Å²) in [5.41, 5.74) is 0. The molecule has 0 aliphatic rings. The van der Waals surface area contributed by atoms with Crippen molar-refractivity contribution in [2.75, 3.05) is 19.8 Å². The quantitative estimate of drug-likeness (QED) is 0.133. The van der Waals surface area contributed by atoms with Crippen molar-refractivity contribution >= 4 is 18.1 Å². The Hall–Kier alpha value is -2.08. The summed E-state index contributed by atoms with van der Waals surface area (Å²) in [6, 6.07) is 0. The van der Waals surface area contributed by atoms with Crippen LogP contribution in [0.4, 0.5) is 4.39 Å². The fourth-order valence-corrected chi connectivity index (χ4v) is 1.19. The predicted molar refractivity (Wildman–Crippen MR) is 74.2 cm³/mol. The summed E-state index contributed by atoms with van der Waals surface area (Å²) in [4.78, 5) is 25.7. The highest BCUT2D eigenvalue weighted by atomic mass is 19.1. The normalized spacial score (nSPS) is 16.9. The van der Waals surface area contributed by atoms with Crippen LogP contribution in [0.1, 0.15) is 0 Å². The standard InChI is InChI=1S/C12H19FN2O8/c13-7(11(21)12(22)8(17)5-16)4-15-23-6-9(18)14-3-1-2-10(19)20/h1-2,4,7-8,11-12,16-17,21-22H,3,5-6H2,(H,14,18)(H,19,20)/b2-1+,15-4+. The van der Waals surface area contributed by atoms with Crippen molar-refractivity contribution in [3.05, 3.63) is 12.2 Å². The van der Waals surface area contributed by atoms with E-state index in [0.29, 0.717) is 6.21 Å². The molecule has 0 saturated heterocycles. The first kappa shape index (κ1) is 20.9. The summed E-state index contributed by atoms with van der Waals surface area (Å²) in [6.07, 6.45) is -5.40. The van der Waals surface area contributed by atoms with E-state index in [9.17, 15) is 24.2 Å². The maximum atomic E-state index is 13.4. The number of carboxylic acid groups (broad SMARTS) is 1. The summed E-state index contributed by atoms with van der Waals surface area (Å²) >= 11 is 0. The lowest BCUT2D eigenvalue weighted by molar-refractivity contribution is -0.131. The molecule has 23 heavy (non-hydrogen) atoms. The number of alkyl halides is 1. The molecular formula is C12H19FN2O8. The molecule has 0 radical (unpaired) electrons. The van der Waals surface area contributed by atoms with E-state index in [1.165, 1.54) is 6.08 Å². The van der Waals surface area contributed by atoms with Gasteiger partial charge < -0.3 is 35.7 Å². The lowest BCUT2D eigenvalue weighted by atomic mass is 10.1. The fourth-order valence-electron chi connectivity index (χ4n) is 1.19. The lowest BCUT2D eigenvalue weighted by Gasteiger charge is -2.22. The zero-order valence-electron chi connectivity index (χ0n) is 11.9. The van der Waals surface area contributed by atoms with Gasteiger partial charge in [0.2, 0.25) is 0 Å². The SMILES string of the molecule is O=C(O)/C=C/CNC(=O)CO/N=C/C(F)C(O)C(O)C(O)CO. The summed E-state index contributed by atoms with van der Waals surface area (Å²) < 4.78 is 13.4. The molecule has 0 bridgehead atoms. The Morgan fingerprint density at radius 2 is 1.91 bits per heavy atom. The zero-order valence-corrected chi connectivity index (χ0v) is 11.9. The molecule has 132 valence electrons. The van der Waals surface area contributed by atoms with E-state index in [-0.39, 0.29) is 6.54 Å². The molecule has 0 fully saturated rings. The van der Waals surface area contributed by atoms with E-state index in [2.05, 4.69) is 15.3 Å². The molecule has 0 heterocycles. The third-order valence-corrected chi connectivity index (χ3v) is 2.41. The fraction of sp³-hybridized carbons (Fsp3) is 0.583. The second kappa shape index (κ2) is 11.5. The van der Waals surface area contributed by atoms with E-state index in [1.807, 2.05) is 0 Å². The van der Waals surface area contributed by atoms with Crippen LogP contribution in [-0.2, 0) is 14.4 Å². The number of nitrogens with one attached hydrogen (secondary N) is 1. The largest absolute Gasteiger partial charge is 0.478 e. The molecule has 0 aromatic carbocycles. The van der Waals surface area contributed by atoms with Gasteiger partial charge in [0.25, 0.3) is 5.91 Å². The highest BCUT2D eigenvalue weighted by molar-refractivity contribution is 5.80. The maximum absolute atomic E-state index is 13.4. The van der Waals surface area contributed by atoms with Crippen molar-refractivity contribution in [3.63, 3.8) is 0 Å². The van der Waals surface area contributed by atoms with Crippen LogP contribution < -0.4 is 5.32 Å². The topological polar surface area (TPSA) is 169 Å². The number of rotatable bonds is 11. The maximum Gasteiger partial charge on any atom is 0.328 e. The number of oxime groups is 1. The van der Waals surface area contributed by atoms with E-state index in [0.717, 1.165) is 6.08 Å². The molecular weight excluding hydrogens is 319 g/mol. The molecule has 0 spiro atoms. The van der Waals surface area contributed by atoms with Crippen molar-refractivity contribution in [1.29, 1.82) is 0 Å². The van der Waals surface area contributed by atoms with Crippen LogP contribution in [0.25, 0.3) is 0 Å². The molecule has 0 aliphatic carbocycles. The van der Waals surface area contributed by atoms with Crippen LogP contribution in [0.3, 0.4) is 0 Å². The molecule has 11 heteroatoms. The van der Waals surface area contributed by atoms with Gasteiger partial charge in [0.05, 0.1) is 12.8 Å². The van der Waals surface area contributed by atoms with Crippen molar-refractivity contribution < 1.29 is 44.3 Å². The number of nitrogens with zero attached hydrogens (tertiary/aromatic N) is 1. The second-order valence-electron chi connectivity index (χ2n) is 4.25. The van der Waals surface area contributed by atoms with Crippen LogP contribution >= 0.6 is 0 Å². The molecule has 0 aromatic heterocycles. The van der Waals surface area contributed by atoms with Crippen LogP contribution in [-0.4, -0.2) is 87.9 Å². The van der Waals surface area contributed by atoms with Crippen LogP contribution in [0.15, 0.2) is 17.3 Å². The van der Waals surface area contributed by atoms with Crippen molar-refractivity contribution in [2.45, 2.75) is 24.5 Å². The second-order valence-corrected chi connectivity index (χ2v) is 4.25. The Balaban J connectivity index is 4.04. The van der Waals surface area contributed by atoms with E-state index >= 15 is 0 Å². The lowest BCUT2D eigenvalue weighted by Crippen LogP contribution is -2.44. The summed E-state index contributed by atoms with van der Waals surface area (Å²) in [5.74, 6) is -1.81. The Labute approximate surface area is 130 Å².